The van der Waals surface area contributed by atoms with Crippen molar-refractivity contribution >= 4 is 35.2 Å². The summed E-state index contributed by atoms with van der Waals surface area (Å²) in [4.78, 5) is 0. The Morgan fingerprint density at radius 3 is 2.03 bits per heavy atom. The summed E-state index contributed by atoms with van der Waals surface area (Å²) in [7, 11) is 1.62. The van der Waals surface area contributed by atoms with Crippen LogP contribution in [0.2, 0.25) is 0 Å². The van der Waals surface area contributed by atoms with Crippen molar-refractivity contribution in [3.63, 3.8) is 0 Å². The zero-order valence-electron chi connectivity index (χ0n) is 32.0. The van der Waals surface area contributed by atoms with Crippen LogP contribution in [0, 0.1) is 5.92 Å². The Morgan fingerprint density at radius 1 is 0.552 bits per heavy atom. The maximum atomic E-state index is 11.4. The summed E-state index contributed by atoms with van der Waals surface area (Å²) in [5.41, 5.74) is 12.3. The first kappa shape index (κ1) is 36.5. The number of rotatable bonds is 5. The smallest absolute Gasteiger partial charge is 0.204 e. The van der Waals surface area contributed by atoms with Gasteiger partial charge < -0.3 is 25.5 Å². The van der Waals surface area contributed by atoms with Crippen molar-refractivity contribution in [1.29, 1.82) is 0 Å². The van der Waals surface area contributed by atoms with Gasteiger partial charge in [-0.1, -0.05) is 146 Å². The molecule has 1 atom stereocenters. The Labute approximate surface area is 338 Å². The first-order chi connectivity index (χ1) is 28.3. The van der Waals surface area contributed by atoms with E-state index in [1.807, 2.05) is 36.4 Å². The molecule has 5 N–H and O–H groups in total. The molecule has 0 fully saturated rings. The van der Waals surface area contributed by atoms with E-state index in [1.54, 1.807) is 13.9 Å². The van der Waals surface area contributed by atoms with E-state index in [0.717, 1.165) is 79.3 Å². The van der Waals surface area contributed by atoms with Gasteiger partial charge in [-0.15, -0.1) is 0 Å². The van der Waals surface area contributed by atoms with Crippen LogP contribution >= 0.6 is 0 Å². The number of benzene rings is 5. The summed E-state index contributed by atoms with van der Waals surface area (Å²) < 4.78 is 0. The number of aromatic hydroxyl groups is 4. The van der Waals surface area contributed by atoms with Crippen molar-refractivity contribution in [2.24, 2.45) is 5.92 Å². The minimum atomic E-state index is -0.772. The molecule has 4 aliphatic rings. The van der Waals surface area contributed by atoms with Crippen LogP contribution in [0.25, 0.3) is 44.2 Å². The SMILES string of the molecule is Bc1c(O)c(O)c(O)c(O)c1-c1ccccc1C1=C2C=CC=CCC2C=C(C2=C(c3ccc4cc(-c5ccccc5)ccc4c3)CC(O)=CC=C2)C2=C1C=CCC=C2. The van der Waals surface area contributed by atoms with Gasteiger partial charge in [-0.25, -0.2) is 0 Å². The minimum absolute atomic E-state index is 0.0712. The van der Waals surface area contributed by atoms with Crippen LogP contribution in [0.1, 0.15) is 30.4 Å². The molecule has 0 saturated heterocycles. The van der Waals surface area contributed by atoms with Crippen molar-refractivity contribution in [3.05, 3.63) is 209 Å². The predicted molar refractivity (Wildman–Crippen MR) is 239 cm³/mol. The molecule has 58 heavy (non-hydrogen) atoms. The van der Waals surface area contributed by atoms with E-state index in [1.165, 1.54) is 5.56 Å². The minimum Gasteiger partial charge on any atom is -0.512 e. The van der Waals surface area contributed by atoms with Gasteiger partial charge in [0.15, 0.2) is 11.5 Å². The zero-order chi connectivity index (χ0) is 39.9. The number of aliphatic hydroxyl groups excluding tert-OH is 1. The van der Waals surface area contributed by atoms with E-state index in [-0.39, 0.29) is 22.7 Å². The third-order valence-electron chi connectivity index (χ3n) is 11.6. The number of hydrogen-bond acceptors (Lipinski definition) is 5. The molecule has 9 rings (SSSR count). The summed E-state index contributed by atoms with van der Waals surface area (Å²) in [5, 5.41) is 56.9. The molecule has 6 heteroatoms. The summed E-state index contributed by atoms with van der Waals surface area (Å²) in [6.07, 6.45) is 27.1. The summed E-state index contributed by atoms with van der Waals surface area (Å²) >= 11 is 0. The van der Waals surface area contributed by atoms with Gasteiger partial charge in [0, 0.05) is 17.9 Å². The molecule has 5 aromatic rings. The third-order valence-corrected chi connectivity index (χ3v) is 11.6. The largest absolute Gasteiger partial charge is 0.512 e. The van der Waals surface area contributed by atoms with Crippen LogP contribution < -0.4 is 5.46 Å². The average molecular weight is 757 g/mol. The quantitative estimate of drug-likeness (QED) is 0.0698. The van der Waals surface area contributed by atoms with E-state index in [0.29, 0.717) is 12.0 Å². The van der Waals surface area contributed by atoms with Gasteiger partial charge in [0.25, 0.3) is 0 Å². The fourth-order valence-electron chi connectivity index (χ4n) is 8.71. The van der Waals surface area contributed by atoms with Crippen LogP contribution in [-0.2, 0) is 0 Å². The molecule has 0 amide bonds. The lowest BCUT2D eigenvalue weighted by molar-refractivity contribution is 0.348. The Kier molecular flexibility index (Phi) is 9.46. The van der Waals surface area contributed by atoms with Gasteiger partial charge in [-0.3, -0.25) is 0 Å². The first-order valence-electron chi connectivity index (χ1n) is 19.6. The average Bonchev–Trinajstić information content (AvgIpc) is 3.75. The van der Waals surface area contributed by atoms with E-state index in [2.05, 4.69) is 121 Å². The second kappa shape index (κ2) is 15.1. The van der Waals surface area contributed by atoms with Gasteiger partial charge in [-0.05, 0) is 114 Å². The number of hydrogen-bond donors (Lipinski definition) is 5. The topological polar surface area (TPSA) is 101 Å². The highest BCUT2D eigenvalue weighted by Crippen LogP contribution is 2.51. The third kappa shape index (κ3) is 6.43. The normalized spacial score (nSPS) is 17.7. The number of fused-ring (bicyclic) bond motifs is 2. The second-order valence-corrected chi connectivity index (χ2v) is 15.1. The Morgan fingerprint density at radius 2 is 1.24 bits per heavy atom. The lowest BCUT2D eigenvalue weighted by Crippen LogP contribution is -2.10. The molecule has 4 aliphatic carbocycles. The monoisotopic (exact) mass is 756 g/mol. The molecule has 0 aromatic heterocycles. The van der Waals surface area contributed by atoms with E-state index < -0.39 is 23.0 Å². The first-order valence-corrected chi connectivity index (χ1v) is 19.6. The highest BCUT2D eigenvalue weighted by atomic mass is 16.3. The molecule has 0 heterocycles. The Balaban J connectivity index is 1.28. The van der Waals surface area contributed by atoms with Gasteiger partial charge in [0.05, 0.1) is 5.76 Å². The summed E-state index contributed by atoms with van der Waals surface area (Å²) in [6.45, 7) is 0. The van der Waals surface area contributed by atoms with Crippen LogP contribution in [0.15, 0.2) is 198 Å². The van der Waals surface area contributed by atoms with Crippen molar-refractivity contribution < 1.29 is 25.5 Å². The van der Waals surface area contributed by atoms with Crippen molar-refractivity contribution in [1.82, 2.24) is 0 Å². The van der Waals surface area contributed by atoms with Crippen LogP contribution in [-0.4, -0.2) is 33.4 Å². The molecule has 282 valence electrons. The standard InChI is InChI=1S/C52H41BO5/c53-48-47(49(55)51(57)52(58)50(48)56)43-21-11-10-20-42(43)46-38-17-7-2-6-15-35(38)29-45(39-18-8-3-9-19-41(39)46)40-22-12-16-37(54)30-44(40)36-26-25-33-27-32(23-24-34(33)28-36)31-13-4-1-5-14-31/h1-2,4-14,16-29,35,54-58H,3,15,30,53H2. The summed E-state index contributed by atoms with van der Waals surface area (Å²) in [5.74, 6) is -2.31. The van der Waals surface area contributed by atoms with E-state index in [9.17, 15) is 25.5 Å². The van der Waals surface area contributed by atoms with Crippen molar-refractivity contribution in [3.8, 4) is 45.3 Å². The highest BCUT2D eigenvalue weighted by Gasteiger charge is 2.31. The predicted octanol–water partition coefficient (Wildman–Crippen LogP) is 10.7. The summed E-state index contributed by atoms with van der Waals surface area (Å²) in [6, 6.07) is 31.2. The lowest BCUT2D eigenvalue weighted by atomic mass is 9.78. The van der Waals surface area contributed by atoms with Crippen LogP contribution in [0.4, 0.5) is 0 Å². The number of phenolic OH excluding ortho intramolecular Hbond substituents is 4. The Bertz CT molecular complexity index is 2830. The molecule has 5 nitrogen and oxygen atoms in total. The lowest BCUT2D eigenvalue weighted by Gasteiger charge is -2.23. The number of allylic oxidation sites excluding steroid dienone is 19. The van der Waals surface area contributed by atoms with Crippen LogP contribution in [0.3, 0.4) is 0 Å². The molecular weight excluding hydrogens is 715 g/mol. The maximum Gasteiger partial charge on any atom is 0.204 e. The zero-order valence-corrected chi connectivity index (χ0v) is 32.0. The fraction of sp³-hybridized carbons (Fsp3) is 0.0769. The van der Waals surface area contributed by atoms with Gasteiger partial charge >= 0.3 is 0 Å². The van der Waals surface area contributed by atoms with Gasteiger partial charge in [0.2, 0.25) is 11.5 Å². The van der Waals surface area contributed by atoms with Crippen molar-refractivity contribution in [2.45, 2.75) is 19.3 Å². The molecule has 5 aromatic carbocycles. The molecule has 0 saturated carbocycles. The molecule has 0 aliphatic heterocycles. The van der Waals surface area contributed by atoms with E-state index >= 15 is 0 Å². The molecule has 0 bridgehead atoms. The molecule has 0 spiro atoms. The van der Waals surface area contributed by atoms with Crippen molar-refractivity contribution in [2.75, 3.05) is 0 Å². The maximum absolute atomic E-state index is 11.4. The van der Waals surface area contributed by atoms with Crippen LogP contribution in [0.5, 0.6) is 23.0 Å². The van der Waals surface area contributed by atoms with Gasteiger partial charge in [0.1, 0.15) is 7.85 Å². The highest BCUT2D eigenvalue weighted by molar-refractivity contribution is 6.39. The number of aliphatic hydroxyl groups is 1. The molecular formula is C52H41BO5. The van der Waals surface area contributed by atoms with E-state index in [4.69, 9.17) is 0 Å². The number of phenols is 4. The molecule has 0 radical (unpaired) electrons. The fourth-order valence-corrected chi connectivity index (χ4v) is 8.71. The van der Waals surface area contributed by atoms with Gasteiger partial charge in [-0.2, -0.15) is 0 Å². The Hall–Kier alpha value is -7.18. The second-order valence-electron chi connectivity index (χ2n) is 15.1. The molecule has 1 unspecified atom stereocenters.